The second-order valence-electron chi connectivity index (χ2n) is 4.35. The molecule has 1 N–H and O–H groups in total. The summed E-state index contributed by atoms with van der Waals surface area (Å²) in [6.07, 6.45) is 1.69. The van der Waals surface area contributed by atoms with Crippen molar-refractivity contribution in [2.24, 2.45) is 0 Å². The summed E-state index contributed by atoms with van der Waals surface area (Å²) in [5.41, 5.74) is -0.204. The molecule has 0 aromatic carbocycles. The Morgan fingerprint density at radius 1 is 1.48 bits per heavy atom. The minimum Gasteiger partial charge on any atom is -0.464 e. The summed E-state index contributed by atoms with van der Waals surface area (Å²) in [6, 6.07) is 2.48. The van der Waals surface area contributed by atoms with Crippen LogP contribution in [0.15, 0.2) is 12.1 Å². The largest absolute Gasteiger partial charge is 0.464 e. The maximum atomic E-state index is 11.5. The lowest BCUT2D eigenvalue weighted by Crippen LogP contribution is -2.29. The first-order valence-corrected chi connectivity index (χ1v) is 6.64. The average Bonchev–Trinajstić information content (AvgIpc) is 2.49. The highest BCUT2D eigenvalue weighted by Crippen LogP contribution is 2.26. The van der Waals surface area contributed by atoms with E-state index < -0.39 is 10.9 Å². The van der Waals surface area contributed by atoms with Crippen LogP contribution in [0.2, 0.25) is 0 Å². The molecule has 0 unspecified atom stereocenters. The smallest absolute Gasteiger partial charge is 0.356 e. The SMILES string of the molecule is CCCCN(CCO)c1nc(C(=O)OC)ccc1[N+](=O)[O-]. The topological polar surface area (TPSA) is 106 Å². The average molecular weight is 297 g/mol. The number of ether oxygens (including phenoxy) is 1. The lowest BCUT2D eigenvalue weighted by atomic mass is 10.2. The van der Waals surface area contributed by atoms with Gasteiger partial charge in [-0.05, 0) is 12.5 Å². The number of carbonyl (C=O) groups is 1. The fraction of sp³-hybridized carbons (Fsp3) is 0.538. The molecule has 1 aromatic rings. The van der Waals surface area contributed by atoms with Crippen molar-refractivity contribution in [3.8, 4) is 0 Å². The van der Waals surface area contributed by atoms with Gasteiger partial charge < -0.3 is 14.7 Å². The third-order valence-electron chi connectivity index (χ3n) is 2.90. The molecule has 0 radical (unpaired) electrons. The van der Waals surface area contributed by atoms with Crippen molar-refractivity contribution < 1.29 is 19.6 Å². The van der Waals surface area contributed by atoms with E-state index in [-0.39, 0.29) is 30.4 Å². The van der Waals surface area contributed by atoms with Gasteiger partial charge in [-0.2, -0.15) is 0 Å². The number of esters is 1. The molecule has 0 aliphatic carbocycles. The molecule has 21 heavy (non-hydrogen) atoms. The summed E-state index contributed by atoms with van der Waals surface area (Å²) in [5, 5.41) is 20.2. The molecule has 1 rings (SSSR count). The number of nitrogens with zero attached hydrogens (tertiary/aromatic N) is 3. The van der Waals surface area contributed by atoms with Crippen LogP contribution in [0.5, 0.6) is 0 Å². The predicted molar refractivity (Wildman–Crippen MR) is 76.4 cm³/mol. The highest BCUT2D eigenvalue weighted by atomic mass is 16.6. The lowest BCUT2D eigenvalue weighted by Gasteiger charge is -2.22. The van der Waals surface area contributed by atoms with Crippen molar-refractivity contribution in [1.82, 2.24) is 4.98 Å². The first-order chi connectivity index (χ1) is 10.0. The number of nitro groups is 1. The standard InChI is InChI=1S/C13H19N3O5/c1-3-4-7-15(8-9-17)12-11(16(19)20)6-5-10(14-12)13(18)21-2/h5-6,17H,3-4,7-9H2,1-2H3. The number of rotatable bonds is 8. The van der Waals surface area contributed by atoms with Gasteiger partial charge in [-0.15, -0.1) is 0 Å². The van der Waals surface area contributed by atoms with E-state index in [1.165, 1.54) is 19.2 Å². The number of hydrogen-bond donors (Lipinski definition) is 1. The minimum atomic E-state index is -0.661. The Morgan fingerprint density at radius 2 is 2.19 bits per heavy atom. The molecule has 8 nitrogen and oxygen atoms in total. The van der Waals surface area contributed by atoms with E-state index >= 15 is 0 Å². The highest BCUT2D eigenvalue weighted by molar-refractivity contribution is 5.88. The third-order valence-corrected chi connectivity index (χ3v) is 2.90. The fourth-order valence-corrected chi connectivity index (χ4v) is 1.83. The van der Waals surface area contributed by atoms with Gasteiger partial charge in [0.05, 0.1) is 18.6 Å². The van der Waals surface area contributed by atoms with Gasteiger partial charge in [0, 0.05) is 19.2 Å². The van der Waals surface area contributed by atoms with Crippen molar-refractivity contribution in [1.29, 1.82) is 0 Å². The van der Waals surface area contributed by atoms with Gasteiger partial charge in [-0.3, -0.25) is 10.1 Å². The maximum Gasteiger partial charge on any atom is 0.356 e. The molecular formula is C13H19N3O5. The van der Waals surface area contributed by atoms with Crippen molar-refractivity contribution in [2.75, 3.05) is 31.7 Å². The summed E-state index contributed by atoms with van der Waals surface area (Å²) in [7, 11) is 1.22. The number of pyridine rings is 1. The number of aliphatic hydroxyl groups excluding tert-OH is 1. The highest BCUT2D eigenvalue weighted by Gasteiger charge is 2.23. The molecular weight excluding hydrogens is 278 g/mol. The molecule has 0 saturated heterocycles. The van der Waals surface area contributed by atoms with Gasteiger partial charge in [0.1, 0.15) is 0 Å². The van der Waals surface area contributed by atoms with Crippen LogP contribution < -0.4 is 4.90 Å². The number of aliphatic hydroxyl groups is 1. The van der Waals surface area contributed by atoms with Gasteiger partial charge in [0.25, 0.3) is 0 Å². The Kier molecular flexibility index (Phi) is 6.54. The molecule has 1 heterocycles. The number of methoxy groups -OCH3 is 1. The zero-order valence-corrected chi connectivity index (χ0v) is 12.1. The molecule has 0 spiro atoms. The zero-order valence-electron chi connectivity index (χ0n) is 12.1. The lowest BCUT2D eigenvalue weighted by molar-refractivity contribution is -0.384. The molecule has 0 fully saturated rings. The van der Waals surface area contributed by atoms with E-state index in [0.29, 0.717) is 6.54 Å². The summed E-state index contributed by atoms with van der Waals surface area (Å²) in [5.74, 6) is -0.587. The van der Waals surface area contributed by atoms with Crippen LogP contribution in [-0.4, -0.2) is 47.8 Å². The minimum absolute atomic E-state index is 0.00228. The normalized spacial score (nSPS) is 10.2. The Hall–Kier alpha value is -2.22. The number of aromatic nitrogens is 1. The van der Waals surface area contributed by atoms with Crippen LogP contribution in [0, 0.1) is 10.1 Å². The van der Waals surface area contributed by atoms with E-state index in [2.05, 4.69) is 9.72 Å². The summed E-state index contributed by atoms with van der Waals surface area (Å²) < 4.78 is 4.57. The van der Waals surface area contributed by atoms with E-state index in [4.69, 9.17) is 5.11 Å². The van der Waals surface area contributed by atoms with Gasteiger partial charge in [0.15, 0.2) is 5.69 Å². The van der Waals surface area contributed by atoms with E-state index in [9.17, 15) is 14.9 Å². The predicted octanol–water partition coefficient (Wildman–Crippen LogP) is 1.38. The molecule has 116 valence electrons. The Labute approximate surface area is 122 Å². The number of anilines is 1. The van der Waals surface area contributed by atoms with Crippen molar-refractivity contribution >= 4 is 17.5 Å². The quantitative estimate of drug-likeness (QED) is 0.439. The van der Waals surface area contributed by atoms with Crippen LogP contribution in [0.1, 0.15) is 30.3 Å². The van der Waals surface area contributed by atoms with Gasteiger partial charge in [0.2, 0.25) is 5.82 Å². The van der Waals surface area contributed by atoms with Crippen LogP contribution in [0.25, 0.3) is 0 Å². The molecule has 8 heteroatoms. The third kappa shape index (κ3) is 4.38. The Bertz CT molecular complexity index is 507. The monoisotopic (exact) mass is 297 g/mol. The summed E-state index contributed by atoms with van der Waals surface area (Å²) in [4.78, 5) is 27.7. The molecule has 0 saturated carbocycles. The second kappa shape index (κ2) is 8.15. The molecule has 0 aliphatic heterocycles. The van der Waals surface area contributed by atoms with Crippen LogP contribution in [0.3, 0.4) is 0 Å². The van der Waals surface area contributed by atoms with Crippen molar-refractivity contribution in [2.45, 2.75) is 19.8 Å². The maximum absolute atomic E-state index is 11.5. The molecule has 0 aliphatic rings. The summed E-state index contributed by atoms with van der Waals surface area (Å²) >= 11 is 0. The Balaban J connectivity index is 3.24. The number of carbonyl (C=O) groups excluding carboxylic acids is 1. The number of unbranched alkanes of at least 4 members (excludes halogenated alkanes) is 1. The molecule has 0 bridgehead atoms. The summed E-state index contributed by atoms with van der Waals surface area (Å²) in [6.45, 7) is 2.54. The van der Waals surface area contributed by atoms with E-state index in [1.807, 2.05) is 6.92 Å². The first-order valence-electron chi connectivity index (χ1n) is 6.64. The molecule has 1 aromatic heterocycles. The van der Waals surface area contributed by atoms with Crippen molar-refractivity contribution in [3.05, 3.63) is 27.9 Å². The van der Waals surface area contributed by atoms with E-state index in [0.717, 1.165) is 12.8 Å². The van der Waals surface area contributed by atoms with Gasteiger partial charge in [-0.25, -0.2) is 9.78 Å². The second-order valence-corrected chi connectivity index (χ2v) is 4.35. The van der Waals surface area contributed by atoms with E-state index in [1.54, 1.807) is 4.90 Å². The van der Waals surface area contributed by atoms with Crippen LogP contribution in [0.4, 0.5) is 11.5 Å². The molecule has 0 atom stereocenters. The zero-order chi connectivity index (χ0) is 15.8. The van der Waals surface area contributed by atoms with Crippen LogP contribution >= 0.6 is 0 Å². The fourth-order valence-electron chi connectivity index (χ4n) is 1.83. The van der Waals surface area contributed by atoms with Crippen molar-refractivity contribution in [3.63, 3.8) is 0 Å². The Morgan fingerprint density at radius 3 is 2.71 bits per heavy atom. The van der Waals surface area contributed by atoms with Crippen LogP contribution in [-0.2, 0) is 4.74 Å². The first kappa shape index (κ1) is 16.8. The van der Waals surface area contributed by atoms with Gasteiger partial charge in [-0.1, -0.05) is 13.3 Å². The van der Waals surface area contributed by atoms with Gasteiger partial charge >= 0.3 is 11.7 Å². The number of hydrogen-bond acceptors (Lipinski definition) is 7. The molecule has 0 amide bonds.